The van der Waals surface area contributed by atoms with Gasteiger partial charge >= 0.3 is 25.7 Å². The Kier molecular flexibility index (Phi) is 48.2. The van der Waals surface area contributed by atoms with Crippen LogP contribution in [0.2, 0.25) is 0 Å². The summed E-state index contributed by atoms with van der Waals surface area (Å²) >= 11 is 0. The Morgan fingerprint density at radius 2 is 0.737 bits per heavy atom. The molecular formula is C70H129O24P. The minimum atomic E-state index is -5.69. The normalized spacial score (nSPS) is 28.1. The van der Waals surface area contributed by atoms with E-state index in [0.717, 1.165) is 96.3 Å². The third-order valence-electron chi connectivity index (χ3n) is 18.3. The molecule has 0 bridgehead atoms. The summed E-state index contributed by atoms with van der Waals surface area (Å²) in [6.45, 7) is 3.42. The number of aliphatic hydroxyl groups excluding tert-OH is 10. The summed E-state index contributed by atoms with van der Waals surface area (Å²) < 4.78 is 64.9. The van der Waals surface area contributed by atoms with Crippen molar-refractivity contribution in [3.63, 3.8) is 0 Å². The maximum absolute atomic E-state index is 14.3. The van der Waals surface area contributed by atoms with Gasteiger partial charge in [-0.1, -0.05) is 232 Å². The van der Waals surface area contributed by atoms with Crippen LogP contribution in [0.15, 0.2) is 12.2 Å². The summed E-state index contributed by atoms with van der Waals surface area (Å²) in [6, 6.07) is 0. The first kappa shape index (κ1) is 86.9. The highest BCUT2D eigenvalue weighted by Crippen LogP contribution is 2.49. The molecule has 0 aromatic heterocycles. The number of allylic oxidation sites excluding steroid dienone is 2. The topological polar surface area (TPSA) is 374 Å². The van der Waals surface area contributed by atoms with E-state index in [4.69, 9.17) is 42.2 Å². The van der Waals surface area contributed by atoms with E-state index in [-0.39, 0.29) is 19.3 Å². The predicted octanol–water partition coefficient (Wildman–Crippen LogP) is 9.57. The van der Waals surface area contributed by atoms with Crippen molar-refractivity contribution in [1.82, 2.24) is 0 Å². The number of ether oxygens (including phenoxy) is 7. The zero-order valence-corrected chi connectivity index (χ0v) is 58.9. The third kappa shape index (κ3) is 36.2. The highest BCUT2D eigenvalue weighted by Gasteiger charge is 2.58. The highest BCUT2D eigenvalue weighted by molar-refractivity contribution is 7.47. The van der Waals surface area contributed by atoms with Gasteiger partial charge in [-0.15, -0.1) is 0 Å². The fraction of sp³-hybridized carbons (Fsp3) is 0.929. The van der Waals surface area contributed by atoms with Crippen LogP contribution in [-0.4, -0.2) is 204 Å². The number of carbonyl (C=O) groups excluding carboxylic acids is 3. The Morgan fingerprint density at radius 1 is 0.400 bits per heavy atom. The van der Waals surface area contributed by atoms with Gasteiger partial charge < -0.3 is 89.1 Å². The number of aliphatic hydroxyl groups is 10. The third-order valence-corrected chi connectivity index (χ3v) is 19.3. The lowest BCUT2D eigenvalue weighted by Crippen LogP contribution is -2.69. The van der Waals surface area contributed by atoms with Crippen LogP contribution in [0.4, 0.5) is 0 Å². The van der Waals surface area contributed by atoms with E-state index in [0.29, 0.717) is 19.3 Å². The van der Waals surface area contributed by atoms with Crippen LogP contribution >= 0.6 is 7.82 Å². The van der Waals surface area contributed by atoms with Crippen molar-refractivity contribution in [2.24, 2.45) is 0 Å². The molecule has 2 aliphatic heterocycles. The minimum Gasteiger partial charge on any atom is -0.463 e. The van der Waals surface area contributed by atoms with Crippen LogP contribution in [0.3, 0.4) is 0 Å². The molecule has 0 aromatic rings. The molecule has 11 N–H and O–H groups in total. The number of esters is 3. The van der Waals surface area contributed by atoms with Gasteiger partial charge in [0.2, 0.25) is 0 Å². The first-order valence-electron chi connectivity index (χ1n) is 37.0. The molecular weight excluding hydrogens is 1260 g/mol. The first-order chi connectivity index (χ1) is 45.8. The van der Waals surface area contributed by atoms with Crippen LogP contribution in [0.5, 0.6) is 0 Å². The predicted molar refractivity (Wildman–Crippen MR) is 356 cm³/mol. The quantitative estimate of drug-likeness (QED) is 0.00887. The lowest BCUT2D eigenvalue weighted by molar-refractivity contribution is -0.360. The largest absolute Gasteiger partial charge is 0.472 e. The Morgan fingerprint density at radius 3 is 1.15 bits per heavy atom. The SMILES string of the molecule is CCCCCCCC/C=C\CCCCCC(=O)OCC(COP(=O)(O)OC1C(OC2OC(CO)C(O)C(O)C2O)C(O)C(O)C(O)C1OC1OC(COC(=O)CCCCCCCCCCCCCCCC)C(O)C(O)C1O)OC(=O)CCCCCCCCCCCCCCC. The standard InChI is InChI=1S/C70H129O24P/c1-4-7-10-13-16-19-22-25-28-30-33-36-39-42-45-55(73)87-50-53-58(76)60(78)65(83)70(91-53)93-67-63(81)61(79)62(80)66(92-69-64(82)59(77)57(75)52(47-71)90-69)68(67)94-95(84,85)88-49-51(89-56(74)46-43-40-37-34-31-27-24-21-18-15-12-9-6-3)48-86-54(72)44-41-38-35-32-29-26-23-20-17-14-11-8-5-2/h26,29,51-53,57-71,75-83H,4-25,27-28,30-50H2,1-3H3,(H,84,85)/b29-26-. The Bertz CT molecular complexity index is 2020. The second-order valence-corrected chi connectivity index (χ2v) is 28.1. The van der Waals surface area contributed by atoms with Gasteiger partial charge in [-0.25, -0.2) is 4.57 Å². The molecule has 558 valence electrons. The zero-order valence-electron chi connectivity index (χ0n) is 58.0. The van der Waals surface area contributed by atoms with E-state index < -0.39 is 156 Å². The summed E-state index contributed by atoms with van der Waals surface area (Å²) in [7, 11) is -5.69. The van der Waals surface area contributed by atoms with E-state index >= 15 is 0 Å². The molecule has 25 heteroatoms. The zero-order chi connectivity index (χ0) is 69.6. The van der Waals surface area contributed by atoms with Gasteiger partial charge in [-0.05, 0) is 44.9 Å². The van der Waals surface area contributed by atoms with Crippen LogP contribution in [-0.2, 0) is 61.2 Å². The van der Waals surface area contributed by atoms with Crippen molar-refractivity contribution in [3.8, 4) is 0 Å². The van der Waals surface area contributed by atoms with Crippen LogP contribution in [0.1, 0.15) is 284 Å². The van der Waals surface area contributed by atoms with Gasteiger partial charge in [0.25, 0.3) is 0 Å². The second kappa shape index (κ2) is 52.6. The average Bonchev–Trinajstić information content (AvgIpc) is 0.768. The molecule has 1 aliphatic carbocycles. The number of phosphoric ester groups is 1. The van der Waals surface area contributed by atoms with Gasteiger partial charge in [-0.2, -0.15) is 0 Å². The molecule has 0 radical (unpaired) electrons. The molecule has 0 spiro atoms. The van der Waals surface area contributed by atoms with E-state index in [1.54, 1.807) is 0 Å². The van der Waals surface area contributed by atoms with Gasteiger partial charge in [-0.3, -0.25) is 23.4 Å². The number of phosphoric acid groups is 1. The Hall–Kier alpha value is -2.30. The molecule has 0 aromatic carbocycles. The van der Waals surface area contributed by atoms with E-state index in [9.17, 15) is 74.9 Å². The fourth-order valence-corrected chi connectivity index (χ4v) is 13.2. The lowest BCUT2D eigenvalue weighted by Gasteiger charge is -2.49. The van der Waals surface area contributed by atoms with Crippen LogP contribution in [0, 0.1) is 0 Å². The molecule has 2 saturated heterocycles. The smallest absolute Gasteiger partial charge is 0.463 e. The lowest BCUT2D eigenvalue weighted by atomic mass is 9.84. The van der Waals surface area contributed by atoms with Gasteiger partial charge in [0.1, 0.15) is 98.7 Å². The van der Waals surface area contributed by atoms with Crippen molar-refractivity contribution in [1.29, 1.82) is 0 Å². The van der Waals surface area contributed by atoms with Crippen molar-refractivity contribution >= 4 is 25.7 Å². The molecule has 3 aliphatic rings. The van der Waals surface area contributed by atoms with Crippen LogP contribution < -0.4 is 0 Å². The molecule has 0 amide bonds. The number of rotatable bonds is 57. The van der Waals surface area contributed by atoms with Crippen molar-refractivity contribution in [3.05, 3.63) is 12.2 Å². The summed E-state index contributed by atoms with van der Waals surface area (Å²) in [5.41, 5.74) is 0. The Labute approximate surface area is 567 Å². The molecule has 3 fully saturated rings. The number of carbonyl (C=O) groups is 3. The van der Waals surface area contributed by atoms with Crippen molar-refractivity contribution in [2.45, 2.75) is 388 Å². The molecule has 2 heterocycles. The molecule has 95 heavy (non-hydrogen) atoms. The molecule has 1 saturated carbocycles. The average molecular weight is 1390 g/mol. The van der Waals surface area contributed by atoms with Crippen molar-refractivity contribution in [2.75, 3.05) is 26.4 Å². The minimum absolute atomic E-state index is 0.0276. The molecule has 3 rings (SSSR count). The van der Waals surface area contributed by atoms with E-state index in [1.807, 2.05) is 0 Å². The maximum Gasteiger partial charge on any atom is 0.472 e. The fourth-order valence-electron chi connectivity index (χ4n) is 12.2. The van der Waals surface area contributed by atoms with Crippen LogP contribution in [0.25, 0.3) is 0 Å². The molecule has 18 unspecified atom stereocenters. The number of hydrogen-bond donors (Lipinski definition) is 11. The van der Waals surface area contributed by atoms with Gasteiger partial charge in [0.05, 0.1) is 13.2 Å². The molecule has 24 nitrogen and oxygen atoms in total. The van der Waals surface area contributed by atoms with Crippen molar-refractivity contribution < 1.29 is 117 Å². The summed E-state index contributed by atoms with van der Waals surface area (Å²) in [5, 5.41) is 110. The van der Waals surface area contributed by atoms with E-state index in [2.05, 4.69) is 32.9 Å². The Balaban J connectivity index is 1.75. The number of hydrogen-bond acceptors (Lipinski definition) is 23. The summed E-state index contributed by atoms with van der Waals surface area (Å²) in [6.07, 6.45) is 10.1. The highest BCUT2D eigenvalue weighted by atomic mass is 31.2. The monoisotopic (exact) mass is 1380 g/mol. The summed E-state index contributed by atoms with van der Waals surface area (Å²) in [4.78, 5) is 50.9. The summed E-state index contributed by atoms with van der Waals surface area (Å²) in [5.74, 6) is -2.00. The first-order valence-corrected chi connectivity index (χ1v) is 38.5. The van der Waals surface area contributed by atoms with E-state index in [1.165, 1.54) is 128 Å². The molecule has 18 atom stereocenters. The second-order valence-electron chi connectivity index (χ2n) is 26.7. The van der Waals surface area contributed by atoms with Gasteiger partial charge in [0.15, 0.2) is 18.7 Å². The van der Waals surface area contributed by atoms with Gasteiger partial charge in [0, 0.05) is 19.3 Å². The maximum atomic E-state index is 14.3. The number of unbranched alkanes of at least 4 members (excludes halogenated alkanes) is 34.